The molecule has 0 aromatic carbocycles. The average molecular weight is 254 g/mol. The molecule has 1 aliphatic heterocycles. The van der Waals surface area contributed by atoms with Crippen molar-refractivity contribution >= 4 is 5.91 Å². The first-order valence-corrected chi connectivity index (χ1v) is 6.95. The van der Waals surface area contributed by atoms with Crippen molar-refractivity contribution in [2.45, 2.75) is 18.9 Å². The van der Waals surface area contributed by atoms with Crippen molar-refractivity contribution in [3.05, 3.63) is 0 Å². The van der Waals surface area contributed by atoms with Gasteiger partial charge in [0.1, 0.15) is 0 Å². The van der Waals surface area contributed by atoms with Crippen LogP contribution in [-0.4, -0.2) is 80.0 Å². The Kier molecular flexibility index (Phi) is 4.59. The van der Waals surface area contributed by atoms with Crippen molar-refractivity contribution < 1.29 is 4.79 Å². The molecule has 18 heavy (non-hydrogen) atoms. The average Bonchev–Trinajstić information content (AvgIpc) is 2.27. The number of nitrogens with two attached hydrogens (primary N) is 1. The molecule has 0 radical (unpaired) electrons. The summed E-state index contributed by atoms with van der Waals surface area (Å²) in [5.41, 5.74) is 5.78. The summed E-state index contributed by atoms with van der Waals surface area (Å²) in [5.74, 6) is 0.972. The third-order valence-corrected chi connectivity index (χ3v) is 4.10. The predicted molar refractivity (Wildman–Crippen MR) is 72.3 cm³/mol. The number of piperazine rings is 1. The molecule has 5 heteroatoms. The molecule has 1 amide bonds. The van der Waals surface area contributed by atoms with Crippen molar-refractivity contribution in [3.8, 4) is 0 Å². The molecule has 0 spiro atoms. The maximum Gasteiger partial charge on any atom is 0.236 e. The van der Waals surface area contributed by atoms with E-state index in [-0.39, 0.29) is 5.91 Å². The molecule has 2 N–H and O–H groups in total. The van der Waals surface area contributed by atoms with Gasteiger partial charge in [0.2, 0.25) is 5.91 Å². The highest BCUT2D eigenvalue weighted by Crippen LogP contribution is 2.25. The van der Waals surface area contributed by atoms with Crippen LogP contribution in [0.25, 0.3) is 0 Å². The molecule has 0 aromatic rings. The fraction of sp³-hybridized carbons (Fsp3) is 0.923. The molecule has 0 unspecified atom stereocenters. The molecule has 104 valence electrons. The maximum absolute atomic E-state index is 12.1. The van der Waals surface area contributed by atoms with Crippen molar-refractivity contribution in [2.75, 3.05) is 53.4 Å². The lowest BCUT2D eigenvalue weighted by molar-refractivity contribution is -0.133. The number of carbonyl (C=O) groups excluding carboxylic acids is 1. The van der Waals surface area contributed by atoms with Crippen LogP contribution >= 0.6 is 0 Å². The molecule has 0 bridgehead atoms. The molecular weight excluding hydrogens is 228 g/mol. The second-order valence-electron chi connectivity index (χ2n) is 5.98. The van der Waals surface area contributed by atoms with E-state index in [0.717, 1.165) is 45.6 Å². The lowest BCUT2D eigenvalue weighted by Crippen LogP contribution is -2.50. The smallest absolute Gasteiger partial charge is 0.236 e. The van der Waals surface area contributed by atoms with Gasteiger partial charge in [-0.1, -0.05) is 0 Å². The van der Waals surface area contributed by atoms with Crippen LogP contribution in [0.15, 0.2) is 0 Å². The lowest BCUT2D eigenvalue weighted by atomic mass is 9.80. The van der Waals surface area contributed by atoms with Gasteiger partial charge >= 0.3 is 0 Å². The first-order valence-electron chi connectivity index (χ1n) is 6.95. The molecule has 2 fully saturated rings. The van der Waals surface area contributed by atoms with E-state index >= 15 is 0 Å². The maximum atomic E-state index is 12.1. The zero-order chi connectivity index (χ0) is 13.1. The molecule has 1 saturated heterocycles. The zero-order valence-corrected chi connectivity index (χ0v) is 11.6. The fourth-order valence-corrected chi connectivity index (χ4v) is 2.83. The Morgan fingerprint density at radius 3 is 2.44 bits per heavy atom. The number of nitrogens with zero attached hydrogens (tertiary/aromatic N) is 3. The Morgan fingerprint density at radius 2 is 1.89 bits per heavy atom. The van der Waals surface area contributed by atoms with Crippen LogP contribution in [0.5, 0.6) is 0 Å². The van der Waals surface area contributed by atoms with Crippen molar-refractivity contribution in [2.24, 2.45) is 11.7 Å². The first kappa shape index (κ1) is 13.8. The van der Waals surface area contributed by atoms with Gasteiger partial charge in [-0.15, -0.1) is 0 Å². The molecule has 0 aromatic heterocycles. The van der Waals surface area contributed by atoms with Crippen LogP contribution in [-0.2, 0) is 4.79 Å². The van der Waals surface area contributed by atoms with Crippen molar-refractivity contribution in [1.29, 1.82) is 0 Å². The molecule has 1 saturated carbocycles. The molecular formula is C13H26N4O. The summed E-state index contributed by atoms with van der Waals surface area (Å²) >= 11 is 0. The standard InChI is InChI=1S/C13H26N4O/c1-15-3-5-17(6-4-15)13(18)10-16(2)9-11-7-12(14)8-11/h11-12H,3-10,14H2,1-2H3. The minimum absolute atomic E-state index is 0.272. The Hall–Kier alpha value is -0.650. The van der Waals surface area contributed by atoms with Gasteiger partial charge < -0.3 is 15.5 Å². The largest absolute Gasteiger partial charge is 0.339 e. The van der Waals surface area contributed by atoms with Crippen LogP contribution in [0, 0.1) is 5.92 Å². The molecule has 2 rings (SSSR count). The molecule has 2 aliphatic rings. The second kappa shape index (κ2) is 5.99. The van der Waals surface area contributed by atoms with Gasteiger partial charge in [0, 0.05) is 38.8 Å². The summed E-state index contributed by atoms with van der Waals surface area (Å²) in [6.45, 7) is 5.29. The highest BCUT2D eigenvalue weighted by Gasteiger charge is 2.27. The highest BCUT2D eigenvalue weighted by molar-refractivity contribution is 5.78. The summed E-state index contributed by atoms with van der Waals surface area (Å²) in [4.78, 5) is 18.5. The molecule has 1 aliphatic carbocycles. The van der Waals surface area contributed by atoms with E-state index in [1.54, 1.807) is 0 Å². The summed E-state index contributed by atoms with van der Waals surface area (Å²) in [6.07, 6.45) is 2.24. The number of rotatable bonds is 4. The van der Waals surface area contributed by atoms with Gasteiger partial charge in [-0.25, -0.2) is 0 Å². The van der Waals surface area contributed by atoms with E-state index in [1.807, 2.05) is 11.9 Å². The first-order chi connectivity index (χ1) is 8.54. The fourth-order valence-electron chi connectivity index (χ4n) is 2.83. The third kappa shape index (κ3) is 3.67. The molecule has 5 nitrogen and oxygen atoms in total. The number of hydrogen-bond acceptors (Lipinski definition) is 4. The van der Waals surface area contributed by atoms with E-state index in [4.69, 9.17) is 5.73 Å². The summed E-state index contributed by atoms with van der Waals surface area (Å²) in [5, 5.41) is 0. The van der Waals surface area contributed by atoms with Gasteiger partial charge in [0.15, 0.2) is 0 Å². The minimum Gasteiger partial charge on any atom is -0.339 e. The number of hydrogen-bond donors (Lipinski definition) is 1. The summed E-state index contributed by atoms with van der Waals surface area (Å²) in [7, 11) is 4.14. The minimum atomic E-state index is 0.272. The number of amides is 1. The SMILES string of the molecule is CN1CCN(C(=O)CN(C)CC2CC(N)C2)CC1. The van der Waals surface area contributed by atoms with Gasteiger partial charge in [0.25, 0.3) is 0 Å². The topological polar surface area (TPSA) is 52.8 Å². The molecule has 0 atom stereocenters. The summed E-state index contributed by atoms with van der Waals surface area (Å²) < 4.78 is 0. The Balaban J connectivity index is 1.67. The van der Waals surface area contributed by atoms with Gasteiger partial charge in [0.05, 0.1) is 6.54 Å². The Labute approximate surface area is 110 Å². The Morgan fingerprint density at radius 1 is 1.28 bits per heavy atom. The van der Waals surface area contributed by atoms with E-state index in [0.29, 0.717) is 18.5 Å². The van der Waals surface area contributed by atoms with Gasteiger partial charge in [-0.05, 0) is 32.9 Å². The van der Waals surface area contributed by atoms with Crippen LogP contribution in [0.1, 0.15) is 12.8 Å². The Bertz CT molecular complexity index is 283. The normalized spacial score (nSPS) is 29.4. The van der Waals surface area contributed by atoms with Crippen LogP contribution in [0.2, 0.25) is 0 Å². The number of carbonyl (C=O) groups is 1. The third-order valence-electron chi connectivity index (χ3n) is 4.10. The van der Waals surface area contributed by atoms with Gasteiger partial charge in [-0.3, -0.25) is 9.69 Å². The van der Waals surface area contributed by atoms with Crippen molar-refractivity contribution in [1.82, 2.24) is 14.7 Å². The van der Waals surface area contributed by atoms with Crippen LogP contribution < -0.4 is 5.73 Å². The second-order valence-corrected chi connectivity index (χ2v) is 5.98. The monoisotopic (exact) mass is 254 g/mol. The summed E-state index contributed by atoms with van der Waals surface area (Å²) in [6, 6.07) is 0.400. The molecule has 1 heterocycles. The zero-order valence-electron chi connectivity index (χ0n) is 11.6. The van der Waals surface area contributed by atoms with E-state index in [1.165, 1.54) is 0 Å². The number of likely N-dealkylation sites (N-methyl/N-ethyl adjacent to an activating group) is 2. The highest BCUT2D eigenvalue weighted by atomic mass is 16.2. The predicted octanol–water partition coefficient (Wildman–Crippen LogP) is -0.570. The van der Waals surface area contributed by atoms with E-state index in [9.17, 15) is 4.79 Å². The van der Waals surface area contributed by atoms with E-state index in [2.05, 4.69) is 16.8 Å². The lowest BCUT2D eigenvalue weighted by Gasteiger charge is -2.36. The van der Waals surface area contributed by atoms with Crippen molar-refractivity contribution in [3.63, 3.8) is 0 Å². The van der Waals surface area contributed by atoms with Crippen LogP contribution in [0.4, 0.5) is 0 Å². The van der Waals surface area contributed by atoms with E-state index < -0.39 is 0 Å². The van der Waals surface area contributed by atoms with Gasteiger partial charge in [-0.2, -0.15) is 0 Å². The quantitative estimate of drug-likeness (QED) is 0.730. The van der Waals surface area contributed by atoms with Crippen LogP contribution in [0.3, 0.4) is 0 Å².